The number of rotatable bonds is 4. The van der Waals surface area contributed by atoms with Gasteiger partial charge in [-0.2, -0.15) is 0 Å². The van der Waals surface area contributed by atoms with E-state index in [4.69, 9.17) is 4.74 Å². The average molecular weight is 229 g/mol. The Bertz CT molecular complexity index is 264. The summed E-state index contributed by atoms with van der Waals surface area (Å²) in [6, 6.07) is 0. The van der Waals surface area contributed by atoms with E-state index in [1.807, 2.05) is 13.8 Å². The molecule has 0 radical (unpaired) electrons. The second-order valence-corrected chi connectivity index (χ2v) is 5.60. The second kappa shape index (κ2) is 5.32. The molecular weight excluding hydrogens is 206 g/mol. The van der Waals surface area contributed by atoms with Crippen LogP contribution in [-0.2, 0) is 14.3 Å². The van der Waals surface area contributed by atoms with Crippen LogP contribution in [0.25, 0.3) is 0 Å². The van der Waals surface area contributed by atoms with Gasteiger partial charge in [-0.05, 0) is 27.2 Å². The molecule has 0 saturated carbocycles. The number of amides is 1. The molecule has 0 heterocycles. The van der Waals surface area contributed by atoms with Crippen LogP contribution in [0.15, 0.2) is 0 Å². The summed E-state index contributed by atoms with van der Waals surface area (Å²) in [5.74, 6) is -0.278. The molecular formula is C12H23NO3. The van der Waals surface area contributed by atoms with Crippen molar-refractivity contribution in [3.63, 3.8) is 0 Å². The van der Waals surface area contributed by atoms with Crippen molar-refractivity contribution in [3.05, 3.63) is 0 Å². The van der Waals surface area contributed by atoms with Crippen LogP contribution in [0.1, 0.15) is 41.0 Å². The first-order chi connectivity index (χ1) is 7.11. The van der Waals surface area contributed by atoms with Crippen LogP contribution in [0.4, 0.5) is 0 Å². The minimum atomic E-state index is -0.507. The summed E-state index contributed by atoms with van der Waals surface area (Å²) in [5.41, 5.74) is -0.996. The lowest BCUT2D eigenvalue weighted by atomic mass is 9.88. The Balaban J connectivity index is 4.09. The largest absolute Gasteiger partial charge is 0.465 e. The van der Waals surface area contributed by atoms with E-state index in [-0.39, 0.29) is 18.5 Å². The summed E-state index contributed by atoms with van der Waals surface area (Å²) in [5, 5.41) is 2.59. The van der Waals surface area contributed by atoms with Crippen molar-refractivity contribution in [2.45, 2.75) is 41.0 Å². The predicted octanol–water partition coefficient (Wildman–Crippen LogP) is 1.74. The topological polar surface area (TPSA) is 55.4 Å². The minimum absolute atomic E-state index is 0.0423. The Morgan fingerprint density at radius 3 is 2.00 bits per heavy atom. The number of carbonyl (C=O) groups excluding carboxylic acids is 2. The Labute approximate surface area is 97.7 Å². The van der Waals surface area contributed by atoms with Gasteiger partial charge in [-0.25, -0.2) is 0 Å². The van der Waals surface area contributed by atoms with Crippen molar-refractivity contribution < 1.29 is 14.3 Å². The fraction of sp³-hybridized carbons (Fsp3) is 0.833. The lowest BCUT2D eigenvalue weighted by molar-refractivity contribution is -0.154. The van der Waals surface area contributed by atoms with Gasteiger partial charge in [0.1, 0.15) is 0 Å². The maximum atomic E-state index is 11.5. The van der Waals surface area contributed by atoms with Crippen LogP contribution in [0.5, 0.6) is 0 Å². The highest BCUT2D eigenvalue weighted by Gasteiger charge is 2.28. The van der Waals surface area contributed by atoms with E-state index in [1.54, 1.807) is 27.8 Å². The van der Waals surface area contributed by atoms with Gasteiger partial charge in [-0.3, -0.25) is 9.59 Å². The predicted molar refractivity (Wildman–Crippen MR) is 62.9 cm³/mol. The smallest absolute Gasteiger partial charge is 0.311 e. The summed E-state index contributed by atoms with van der Waals surface area (Å²) in [4.78, 5) is 22.9. The van der Waals surface area contributed by atoms with Gasteiger partial charge < -0.3 is 10.1 Å². The molecule has 0 aliphatic heterocycles. The van der Waals surface area contributed by atoms with E-state index in [0.29, 0.717) is 6.42 Å². The molecule has 0 spiro atoms. The molecule has 0 bridgehead atoms. The van der Waals surface area contributed by atoms with Crippen LogP contribution in [-0.4, -0.2) is 25.5 Å². The molecule has 4 nitrogen and oxygen atoms in total. The molecule has 0 aliphatic carbocycles. The number of nitrogens with one attached hydrogen (secondary N) is 1. The maximum absolute atomic E-state index is 11.5. The molecule has 1 N–H and O–H groups in total. The molecule has 4 heteroatoms. The summed E-state index contributed by atoms with van der Waals surface area (Å²) >= 11 is 0. The van der Waals surface area contributed by atoms with Gasteiger partial charge >= 0.3 is 5.97 Å². The first-order valence-electron chi connectivity index (χ1n) is 5.50. The molecule has 0 atom stereocenters. The van der Waals surface area contributed by atoms with Crippen molar-refractivity contribution in [2.75, 3.05) is 13.7 Å². The van der Waals surface area contributed by atoms with Gasteiger partial charge in [0, 0.05) is 12.5 Å². The number of carbonyl (C=O) groups is 2. The Morgan fingerprint density at radius 2 is 1.62 bits per heavy atom. The molecule has 0 aromatic rings. The third-order valence-corrected chi connectivity index (χ3v) is 2.41. The zero-order chi connectivity index (χ0) is 13.0. The van der Waals surface area contributed by atoms with Crippen LogP contribution in [0.2, 0.25) is 0 Å². The van der Waals surface area contributed by atoms with Crippen molar-refractivity contribution in [1.82, 2.24) is 5.32 Å². The van der Waals surface area contributed by atoms with Gasteiger partial charge in [0.15, 0.2) is 0 Å². The van der Waals surface area contributed by atoms with Crippen LogP contribution < -0.4 is 5.32 Å². The van der Waals surface area contributed by atoms with E-state index < -0.39 is 10.8 Å². The van der Waals surface area contributed by atoms with E-state index in [9.17, 15) is 9.59 Å². The van der Waals surface area contributed by atoms with Gasteiger partial charge in [-0.15, -0.1) is 0 Å². The first-order valence-corrected chi connectivity index (χ1v) is 5.50. The number of ether oxygens (including phenoxy) is 1. The summed E-state index contributed by atoms with van der Waals surface area (Å²) in [7, 11) is 1.60. The van der Waals surface area contributed by atoms with Crippen LogP contribution >= 0.6 is 0 Å². The van der Waals surface area contributed by atoms with Crippen molar-refractivity contribution in [1.29, 1.82) is 0 Å². The highest BCUT2D eigenvalue weighted by Crippen LogP contribution is 2.21. The standard InChI is InChI=1S/C12H23NO3/c1-11(2,3)10(15)16-8-7-12(4,5)9(14)13-6/h7-8H2,1-6H3,(H,13,14). The third kappa shape index (κ3) is 4.64. The summed E-state index contributed by atoms with van der Waals surface area (Å²) < 4.78 is 5.12. The highest BCUT2D eigenvalue weighted by atomic mass is 16.5. The van der Waals surface area contributed by atoms with Gasteiger partial charge in [-0.1, -0.05) is 13.8 Å². The molecule has 0 saturated heterocycles. The zero-order valence-electron chi connectivity index (χ0n) is 11.1. The molecule has 0 aliphatic rings. The van der Waals surface area contributed by atoms with Crippen molar-refractivity contribution >= 4 is 11.9 Å². The minimum Gasteiger partial charge on any atom is -0.465 e. The van der Waals surface area contributed by atoms with Gasteiger partial charge in [0.2, 0.25) is 5.91 Å². The van der Waals surface area contributed by atoms with Gasteiger partial charge in [0.05, 0.1) is 12.0 Å². The SMILES string of the molecule is CNC(=O)C(C)(C)CCOC(=O)C(C)(C)C. The fourth-order valence-electron chi connectivity index (χ4n) is 1.07. The van der Waals surface area contributed by atoms with Crippen LogP contribution in [0.3, 0.4) is 0 Å². The lowest BCUT2D eigenvalue weighted by Crippen LogP contribution is -2.36. The summed E-state index contributed by atoms with van der Waals surface area (Å²) in [6.45, 7) is 9.35. The summed E-state index contributed by atoms with van der Waals surface area (Å²) in [6.07, 6.45) is 0.522. The molecule has 0 aromatic heterocycles. The molecule has 0 rings (SSSR count). The monoisotopic (exact) mass is 229 g/mol. The quantitative estimate of drug-likeness (QED) is 0.747. The molecule has 16 heavy (non-hydrogen) atoms. The normalized spacial score (nSPS) is 12.1. The van der Waals surface area contributed by atoms with E-state index >= 15 is 0 Å². The van der Waals surface area contributed by atoms with Crippen molar-refractivity contribution in [3.8, 4) is 0 Å². The van der Waals surface area contributed by atoms with E-state index in [1.165, 1.54) is 0 Å². The molecule has 0 unspecified atom stereocenters. The second-order valence-electron chi connectivity index (χ2n) is 5.60. The highest BCUT2D eigenvalue weighted by molar-refractivity contribution is 5.81. The average Bonchev–Trinajstić information content (AvgIpc) is 2.14. The zero-order valence-corrected chi connectivity index (χ0v) is 11.1. The fourth-order valence-corrected chi connectivity index (χ4v) is 1.07. The number of hydrogen-bond donors (Lipinski definition) is 1. The molecule has 1 amide bonds. The van der Waals surface area contributed by atoms with Crippen molar-refractivity contribution in [2.24, 2.45) is 10.8 Å². The number of esters is 1. The maximum Gasteiger partial charge on any atom is 0.311 e. The third-order valence-electron chi connectivity index (χ3n) is 2.41. The van der Waals surface area contributed by atoms with Gasteiger partial charge in [0.25, 0.3) is 0 Å². The Kier molecular flexibility index (Phi) is 4.97. The molecule has 94 valence electrons. The Morgan fingerprint density at radius 1 is 1.12 bits per heavy atom. The molecule has 0 aromatic carbocycles. The first kappa shape index (κ1) is 14.9. The molecule has 0 fully saturated rings. The Hall–Kier alpha value is -1.06. The lowest BCUT2D eigenvalue weighted by Gasteiger charge is -2.23. The number of hydrogen-bond acceptors (Lipinski definition) is 3. The van der Waals surface area contributed by atoms with E-state index in [2.05, 4.69) is 5.32 Å². The van der Waals surface area contributed by atoms with E-state index in [0.717, 1.165) is 0 Å². The van der Waals surface area contributed by atoms with Crippen LogP contribution in [0, 0.1) is 10.8 Å².